The lowest BCUT2D eigenvalue weighted by Gasteiger charge is -2.14. The number of halogens is 1. The first kappa shape index (κ1) is 7.50. The average Bonchev–Trinajstić information content (AvgIpc) is 2.72. The second-order valence-corrected chi connectivity index (χ2v) is 3.60. The van der Waals surface area contributed by atoms with Gasteiger partial charge in [0.25, 0.3) is 0 Å². The van der Waals surface area contributed by atoms with Crippen molar-refractivity contribution in [2.45, 2.75) is 31.5 Å². The molecule has 1 saturated carbocycles. The van der Waals surface area contributed by atoms with Crippen LogP contribution in [0.15, 0.2) is 0 Å². The largest absolute Gasteiger partial charge is 0.302 e. The van der Waals surface area contributed by atoms with Crippen LogP contribution in [-0.2, 0) is 0 Å². The van der Waals surface area contributed by atoms with Crippen LogP contribution >= 0.6 is 0 Å². The van der Waals surface area contributed by atoms with Crippen LogP contribution in [0.3, 0.4) is 0 Å². The van der Waals surface area contributed by atoms with Gasteiger partial charge in [-0.1, -0.05) is 0 Å². The highest BCUT2D eigenvalue weighted by molar-refractivity contribution is 4.82. The Balaban J connectivity index is 1.62. The van der Waals surface area contributed by atoms with Crippen molar-refractivity contribution in [1.82, 2.24) is 10.2 Å². The van der Waals surface area contributed by atoms with Crippen molar-refractivity contribution < 1.29 is 4.39 Å². The summed E-state index contributed by atoms with van der Waals surface area (Å²) < 4.78 is 12.6. The molecule has 2 nitrogen and oxygen atoms in total. The van der Waals surface area contributed by atoms with Crippen LogP contribution in [0.1, 0.15) is 19.3 Å². The van der Waals surface area contributed by atoms with Gasteiger partial charge in [-0.2, -0.15) is 0 Å². The molecule has 0 aromatic carbocycles. The summed E-state index contributed by atoms with van der Waals surface area (Å²) in [6, 6.07) is 0.744. The SMILES string of the molecule is FC1CCN(CNC2CC2)C1. The van der Waals surface area contributed by atoms with Crippen molar-refractivity contribution in [2.75, 3.05) is 19.8 Å². The molecule has 0 radical (unpaired) electrons. The topological polar surface area (TPSA) is 15.3 Å². The normalized spacial score (nSPS) is 33.0. The Bertz CT molecular complexity index is 136. The second kappa shape index (κ2) is 3.07. The molecule has 1 heterocycles. The Labute approximate surface area is 66.8 Å². The molecule has 2 rings (SSSR count). The van der Waals surface area contributed by atoms with Gasteiger partial charge in [0.1, 0.15) is 6.17 Å². The summed E-state index contributed by atoms with van der Waals surface area (Å²) in [5.41, 5.74) is 0. The molecule has 64 valence electrons. The van der Waals surface area contributed by atoms with Gasteiger partial charge in [0, 0.05) is 25.8 Å². The lowest BCUT2D eigenvalue weighted by Crippen LogP contribution is -2.33. The van der Waals surface area contributed by atoms with E-state index in [1.54, 1.807) is 0 Å². The van der Waals surface area contributed by atoms with Gasteiger partial charge in [0.05, 0.1) is 0 Å². The molecule has 0 aromatic rings. The number of likely N-dealkylation sites (tertiary alicyclic amines) is 1. The lowest BCUT2D eigenvalue weighted by molar-refractivity contribution is 0.270. The summed E-state index contributed by atoms with van der Waals surface area (Å²) in [5, 5.41) is 3.38. The zero-order valence-electron chi connectivity index (χ0n) is 6.72. The number of hydrogen-bond acceptors (Lipinski definition) is 2. The fourth-order valence-corrected chi connectivity index (χ4v) is 1.47. The highest BCUT2D eigenvalue weighted by atomic mass is 19.1. The van der Waals surface area contributed by atoms with Crippen LogP contribution in [0.5, 0.6) is 0 Å². The van der Waals surface area contributed by atoms with Gasteiger partial charge < -0.3 is 5.32 Å². The smallest absolute Gasteiger partial charge is 0.114 e. The van der Waals surface area contributed by atoms with Crippen LogP contribution in [0, 0.1) is 0 Å². The molecule has 1 unspecified atom stereocenters. The third-order valence-corrected chi connectivity index (χ3v) is 2.40. The third-order valence-electron chi connectivity index (χ3n) is 2.40. The maximum atomic E-state index is 12.6. The van der Waals surface area contributed by atoms with Gasteiger partial charge in [-0.3, -0.25) is 4.90 Å². The summed E-state index contributed by atoms with van der Waals surface area (Å²) >= 11 is 0. The lowest BCUT2D eigenvalue weighted by atomic mass is 10.3. The van der Waals surface area contributed by atoms with Gasteiger partial charge in [0.2, 0.25) is 0 Å². The van der Waals surface area contributed by atoms with E-state index in [9.17, 15) is 4.39 Å². The fraction of sp³-hybridized carbons (Fsp3) is 1.00. The van der Waals surface area contributed by atoms with Crippen molar-refractivity contribution >= 4 is 0 Å². The first-order valence-corrected chi connectivity index (χ1v) is 4.44. The first-order valence-electron chi connectivity index (χ1n) is 4.44. The van der Waals surface area contributed by atoms with Crippen LogP contribution < -0.4 is 5.32 Å². The molecule has 1 aliphatic heterocycles. The molecule has 0 aromatic heterocycles. The van der Waals surface area contributed by atoms with E-state index in [2.05, 4.69) is 10.2 Å². The standard InChI is InChI=1S/C8H15FN2/c9-7-3-4-11(5-7)6-10-8-1-2-8/h7-8,10H,1-6H2. The molecule has 3 heteroatoms. The van der Waals surface area contributed by atoms with Gasteiger partial charge in [-0.25, -0.2) is 4.39 Å². The summed E-state index contributed by atoms with van der Waals surface area (Å²) in [5.74, 6) is 0. The van der Waals surface area contributed by atoms with E-state index in [4.69, 9.17) is 0 Å². The Hall–Kier alpha value is -0.150. The van der Waals surface area contributed by atoms with Crippen molar-refractivity contribution in [3.63, 3.8) is 0 Å². The van der Waals surface area contributed by atoms with Crippen molar-refractivity contribution in [3.05, 3.63) is 0 Å². The summed E-state index contributed by atoms with van der Waals surface area (Å²) in [4.78, 5) is 2.16. The van der Waals surface area contributed by atoms with Gasteiger partial charge in [-0.05, 0) is 19.3 Å². The van der Waals surface area contributed by atoms with Crippen molar-refractivity contribution in [1.29, 1.82) is 0 Å². The zero-order chi connectivity index (χ0) is 7.68. The predicted octanol–water partition coefficient (Wildman–Crippen LogP) is 0.740. The third kappa shape index (κ3) is 2.14. The van der Waals surface area contributed by atoms with Crippen LogP contribution in [0.2, 0.25) is 0 Å². The minimum absolute atomic E-state index is 0.573. The highest BCUT2D eigenvalue weighted by Gasteiger charge is 2.25. The van der Waals surface area contributed by atoms with E-state index < -0.39 is 6.17 Å². The molecule has 0 bridgehead atoms. The Morgan fingerprint density at radius 2 is 2.18 bits per heavy atom. The van der Waals surface area contributed by atoms with Crippen LogP contribution in [0.4, 0.5) is 4.39 Å². The summed E-state index contributed by atoms with van der Waals surface area (Å²) in [6.45, 7) is 2.46. The summed E-state index contributed by atoms with van der Waals surface area (Å²) in [6.07, 6.45) is 2.78. The predicted molar refractivity (Wildman–Crippen MR) is 42.1 cm³/mol. The van der Waals surface area contributed by atoms with Crippen LogP contribution in [0.25, 0.3) is 0 Å². The molecule has 0 amide bonds. The fourth-order valence-electron chi connectivity index (χ4n) is 1.47. The summed E-state index contributed by atoms with van der Waals surface area (Å²) in [7, 11) is 0. The van der Waals surface area contributed by atoms with Gasteiger partial charge in [0.15, 0.2) is 0 Å². The number of alkyl halides is 1. The van der Waals surface area contributed by atoms with E-state index in [-0.39, 0.29) is 0 Å². The Morgan fingerprint density at radius 3 is 2.73 bits per heavy atom. The molecule has 1 saturated heterocycles. The maximum absolute atomic E-state index is 12.6. The monoisotopic (exact) mass is 158 g/mol. The zero-order valence-corrected chi connectivity index (χ0v) is 6.72. The quantitative estimate of drug-likeness (QED) is 0.651. The molecule has 2 fully saturated rings. The number of hydrogen-bond donors (Lipinski definition) is 1. The van der Waals surface area contributed by atoms with Crippen molar-refractivity contribution in [2.24, 2.45) is 0 Å². The van der Waals surface area contributed by atoms with E-state index in [1.807, 2.05) is 0 Å². The van der Waals surface area contributed by atoms with E-state index in [0.717, 1.165) is 25.7 Å². The highest BCUT2D eigenvalue weighted by Crippen LogP contribution is 2.19. The van der Waals surface area contributed by atoms with Crippen molar-refractivity contribution in [3.8, 4) is 0 Å². The molecule has 1 atom stereocenters. The minimum atomic E-state index is -0.573. The van der Waals surface area contributed by atoms with E-state index in [0.29, 0.717) is 6.54 Å². The maximum Gasteiger partial charge on any atom is 0.114 e. The molecule has 0 spiro atoms. The molecular weight excluding hydrogens is 143 g/mol. The molecule has 1 aliphatic carbocycles. The van der Waals surface area contributed by atoms with Crippen LogP contribution in [-0.4, -0.2) is 36.9 Å². The Morgan fingerprint density at radius 1 is 1.36 bits per heavy atom. The number of nitrogens with one attached hydrogen (secondary N) is 1. The number of nitrogens with zero attached hydrogens (tertiary/aromatic N) is 1. The van der Waals surface area contributed by atoms with Gasteiger partial charge >= 0.3 is 0 Å². The molecule has 2 aliphatic rings. The molecular formula is C8H15FN2. The molecule has 11 heavy (non-hydrogen) atoms. The Kier molecular flexibility index (Phi) is 2.09. The number of rotatable bonds is 3. The second-order valence-electron chi connectivity index (χ2n) is 3.60. The van der Waals surface area contributed by atoms with E-state index in [1.165, 1.54) is 12.8 Å². The minimum Gasteiger partial charge on any atom is -0.302 e. The van der Waals surface area contributed by atoms with E-state index >= 15 is 0 Å². The molecule has 1 N–H and O–H groups in total. The average molecular weight is 158 g/mol. The van der Waals surface area contributed by atoms with Gasteiger partial charge in [-0.15, -0.1) is 0 Å². The first-order chi connectivity index (χ1) is 5.34.